The number of hydrogen-bond donors (Lipinski definition) is 3. The van der Waals surface area contributed by atoms with E-state index in [1.807, 2.05) is 13.0 Å². The first kappa shape index (κ1) is 28.8. The average Bonchev–Trinajstić information content (AvgIpc) is 3.26. The normalized spacial score (nSPS) is 17.8. The molecule has 0 radical (unpaired) electrons. The molecule has 1 saturated heterocycles. The van der Waals surface area contributed by atoms with Crippen LogP contribution in [0.4, 0.5) is 16.3 Å². The van der Waals surface area contributed by atoms with Crippen molar-refractivity contribution in [2.75, 3.05) is 24.5 Å². The van der Waals surface area contributed by atoms with Crippen LogP contribution < -0.4 is 16.0 Å². The first-order valence-electron chi connectivity index (χ1n) is 12.2. The molecule has 0 spiro atoms. The number of nitrogens with two attached hydrogens (primary N) is 1. The number of pyridine rings is 1. The van der Waals surface area contributed by atoms with Crippen molar-refractivity contribution < 1.29 is 19.4 Å². The second-order valence-electron chi connectivity index (χ2n) is 10.1. The molecule has 2 aromatic rings. The third-order valence-corrected chi connectivity index (χ3v) is 7.24. The van der Waals surface area contributed by atoms with Crippen LogP contribution in [0.2, 0.25) is 0 Å². The number of carbonyl (C=O) groups excluding carboxylic acids is 2. The molecule has 1 aromatic heterocycles. The largest absolute Gasteiger partial charge is 0.444 e. The van der Waals surface area contributed by atoms with E-state index >= 15 is 0 Å². The standard InChI is InChI=1S/C27H32N6O4S/c1-6-18-19(14-28)24(38-21(22(29)34)17-10-8-7-9-11-17)32-23(20(18)30-5)33-13-12-27(36,16-33)15-31-25(35)37-26(2,3)4/h7-11,21,36H,6,12-13,15-16H2,1-4H3,(H2,29,34)(H,31,35)/t21-,27+/m1/s1. The van der Waals surface area contributed by atoms with Crippen molar-refractivity contribution in [3.63, 3.8) is 0 Å². The van der Waals surface area contributed by atoms with Crippen molar-refractivity contribution in [1.29, 1.82) is 5.26 Å². The summed E-state index contributed by atoms with van der Waals surface area (Å²) in [6.07, 6.45) is 0.0852. The molecule has 0 unspecified atom stereocenters. The minimum absolute atomic E-state index is 0.0396. The van der Waals surface area contributed by atoms with E-state index in [0.717, 1.165) is 11.8 Å². The molecule has 4 N–H and O–H groups in total. The Hall–Kier alpha value is -3.80. The molecule has 11 heteroatoms. The second-order valence-corrected chi connectivity index (χ2v) is 11.2. The molecule has 2 heterocycles. The van der Waals surface area contributed by atoms with Crippen molar-refractivity contribution in [3.8, 4) is 6.07 Å². The molecule has 2 atom stereocenters. The smallest absolute Gasteiger partial charge is 0.407 e. The van der Waals surface area contributed by atoms with Gasteiger partial charge in [-0.05, 0) is 44.7 Å². The van der Waals surface area contributed by atoms with Crippen molar-refractivity contribution in [1.82, 2.24) is 10.3 Å². The third kappa shape index (κ3) is 6.74. The Balaban J connectivity index is 1.95. The summed E-state index contributed by atoms with van der Waals surface area (Å²) in [5.41, 5.74) is 5.44. The van der Waals surface area contributed by atoms with Gasteiger partial charge in [0.15, 0.2) is 0 Å². The monoisotopic (exact) mass is 536 g/mol. The van der Waals surface area contributed by atoms with Gasteiger partial charge in [0.25, 0.3) is 0 Å². The summed E-state index contributed by atoms with van der Waals surface area (Å²) in [7, 11) is 0. The summed E-state index contributed by atoms with van der Waals surface area (Å²) >= 11 is 1.07. The maximum atomic E-state index is 12.4. The van der Waals surface area contributed by atoms with Gasteiger partial charge in [0.05, 0.1) is 18.7 Å². The molecule has 38 heavy (non-hydrogen) atoms. The Morgan fingerprint density at radius 1 is 1.39 bits per heavy atom. The number of β-amino-alcohol motifs (C(OH)–C–C–N with tert-alkyl or cyclic N) is 1. The molecule has 0 saturated carbocycles. The minimum atomic E-state index is -1.27. The number of alkyl carbamates (subject to hydrolysis) is 1. The van der Waals surface area contributed by atoms with Crippen LogP contribution in [0.15, 0.2) is 35.4 Å². The fraction of sp³-hybridized carbons (Fsp3) is 0.444. The van der Waals surface area contributed by atoms with E-state index in [-0.39, 0.29) is 24.3 Å². The number of hydrogen-bond acceptors (Lipinski definition) is 8. The maximum absolute atomic E-state index is 12.4. The number of carbonyl (C=O) groups is 2. The van der Waals surface area contributed by atoms with Gasteiger partial charge in [-0.3, -0.25) is 4.79 Å². The van der Waals surface area contributed by atoms with E-state index in [2.05, 4.69) is 21.2 Å². The molecule has 0 aliphatic carbocycles. The first-order chi connectivity index (χ1) is 17.9. The zero-order valence-corrected chi connectivity index (χ0v) is 22.8. The predicted molar refractivity (Wildman–Crippen MR) is 145 cm³/mol. The summed E-state index contributed by atoms with van der Waals surface area (Å²) in [6, 6.07) is 11.1. The van der Waals surface area contributed by atoms with E-state index in [9.17, 15) is 20.0 Å². The molecular formula is C27H32N6O4S. The Morgan fingerprint density at radius 3 is 2.63 bits per heavy atom. The number of primary amides is 1. The summed E-state index contributed by atoms with van der Waals surface area (Å²) in [5.74, 6) is -0.257. The number of anilines is 1. The number of aromatic nitrogens is 1. The van der Waals surface area contributed by atoms with Gasteiger partial charge in [0.1, 0.15) is 33.4 Å². The highest BCUT2D eigenvalue weighted by atomic mass is 32.2. The third-order valence-electron chi connectivity index (χ3n) is 5.98. The van der Waals surface area contributed by atoms with E-state index in [0.29, 0.717) is 41.4 Å². The Bertz CT molecular complexity index is 1280. The lowest BCUT2D eigenvalue weighted by molar-refractivity contribution is -0.117. The van der Waals surface area contributed by atoms with Gasteiger partial charge in [0, 0.05) is 13.1 Å². The molecule has 2 amide bonds. The van der Waals surface area contributed by atoms with Crippen LogP contribution >= 0.6 is 11.8 Å². The van der Waals surface area contributed by atoms with E-state index in [4.69, 9.17) is 17.0 Å². The highest BCUT2D eigenvalue weighted by Crippen LogP contribution is 2.43. The predicted octanol–water partition coefficient (Wildman–Crippen LogP) is 3.85. The lowest BCUT2D eigenvalue weighted by Crippen LogP contribution is -2.46. The fourth-order valence-corrected chi connectivity index (χ4v) is 5.29. The van der Waals surface area contributed by atoms with Crippen LogP contribution in [0.1, 0.15) is 56.1 Å². The molecule has 1 fully saturated rings. The zero-order valence-electron chi connectivity index (χ0n) is 21.9. The highest BCUT2D eigenvalue weighted by molar-refractivity contribution is 8.00. The number of benzene rings is 1. The topological polar surface area (TPSA) is 146 Å². The van der Waals surface area contributed by atoms with Crippen molar-refractivity contribution in [2.45, 2.75) is 62.0 Å². The Labute approximate surface area is 227 Å². The maximum Gasteiger partial charge on any atom is 0.407 e. The molecule has 3 rings (SSSR count). The van der Waals surface area contributed by atoms with E-state index < -0.39 is 28.5 Å². The minimum Gasteiger partial charge on any atom is -0.444 e. The quantitative estimate of drug-likeness (QED) is 0.341. The number of amides is 2. The zero-order chi connectivity index (χ0) is 28.1. The van der Waals surface area contributed by atoms with Crippen molar-refractivity contribution >= 4 is 35.3 Å². The summed E-state index contributed by atoms with van der Waals surface area (Å²) in [5, 5.41) is 23.3. The van der Waals surface area contributed by atoms with Crippen LogP contribution in [-0.2, 0) is 16.0 Å². The van der Waals surface area contributed by atoms with Gasteiger partial charge in [-0.2, -0.15) is 5.26 Å². The highest BCUT2D eigenvalue weighted by Gasteiger charge is 2.39. The number of nitriles is 1. The average molecular weight is 537 g/mol. The number of thioether (sulfide) groups is 1. The molecule has 1 aliphatic heterocycles. The van der Waals surface area contributed by atoms with Gasteiger partial charge in [-0.1, -0.05) is 49.0 Å². The van der Waals surface area contributed by atoms with Crippen LogP contribution in [0.25, 0.3) is 4.85 Å². The number of ether oxygens (including phenoxy) is 1. The first-order valence-corrected chi connectivity index (χ1v) is 13.1. The molecular weight excluding hydrogens is 504 g/mol. The van der Waals surface area contributed by atoms with Crippen molar-refractivity contribution in [2.24, 2.45) is 5.73 Å². The van der Waals surface area contributed by atoms with Gasteiger partial charge in [-0.15, -0.1) is 0 Å². The number of nitrogens with zero attached hydrogens (tertiary/aromatic N) is 4. The van der Waals surface area contributed by atoms with Gasteiger partial charge in [-0.25, -0.2) is 14.6 Å². The number of rotatable bonds is 8. The molecule has 0 bridgehead atoms. The van der Waals surface area contributed by atoms with Crippen LogP contribution in [0, 0.1) is 17.9 Å². The fourth-order valence-electron chi connectivity index (χ4n) is 4.23. The Morgan fingerprint density at radius 2 is 2.08 bits per heavy atom. The molecule has 200 valence electrons. The molecule has 1 aliphatic rings. The molecule has 1 aromatic carbocycles. The summed E-state index contributed by atoms with van der Waals surface area (Å²) in [6.45, 7) is 15.4. The van der Waals surface area contributed by atoms with Crippen LogP contribution in [0.3, 0.4) is 0 Å². The van der Waals surface area contributed by atoms with Crippen LogP contribution in [0.5, 0.6) is 0 Å². The number of aliphatic hydroxyl groups is 1. The van der Waals surface area contributed by atoms with Gasteiger partial charge >= 0.3 is 6.09 Å². The van der Waals surface area contributed by atoms with Gasteiger partial charge < -0.3 is 25.8 Å². The second kappa shape index (κ2) is 11.7. The van der Waals surface area contributed by atoms with Crippen molar-refractivity contribution in [3.05, 3.63) is 58.4 Å². The summed E-state index contributed by atoms with van der Waals surface area (Å²) < 4.78 is 5.26. The lowest BCUT2D eigenvalue weighted by Gasteiger charge is -2.27. The van der Waals surface area contributed by atoms with E-state index in [1.165, 1.54) is 0 Å². The lowest BCUT2D eigenvalue weighted by atomic mass is 10.0. The SMILES string of the molecule is [C-]#[N+]c1c(N2CC[C@](O)(CNC(=O)OC(C)(C)C)C2)nc(S[C@@H](C(N)=O)c2ccccc2)c(C#N)c1CC. The van der Waals surface area contributed by atoms with Crippen LogP contribution in [-0.4, -0.2) is 52.9 Å². The Kier molecular flexibility index (Phi) is 8.87. The molecule has 10 nitrogen and oxygen atoms in total. The number of nitrogens with one attached hydrogen (secondary N) is 1. The van der Waals surface area contributed by atoms with E-state index in [1.54, 1.807) is 49.9 Å². The summed E-state index contributed by atoms with van der Waals surface area (Å²) in [4.78, 5) is 34.6. The van der Waals surface area contributed by atoms with Gasteiger partial charge in [0.2, 0.25) is 11.6 Å².